The lowest BCUT2D eigenvalue weighted by molar-refractivity contribution is 0.300. The molecular weight excluding hydrogens is 282 g/mol. The summed E-state index contributed by atoms with van der Waals surface area (Å²) in [7, 11) is 0. The van der Waals surface area contributed by atoms with E-state index in [4.69, 9.17) is 4.74 Å². The van der Waals surface area contributed by atoms with Crippen molar-refractivity contribution in [3.63, 3.8) is 0 Å². The van der Waals surface area contributed by atoms with Gasteiger partial charge in [0.2, 0.25) is 0 Å². The molecule has 0 aromatic heterocycles. The van der Waals surface area contributed by atoms with Crippen LogP contribution in [-0.2, 0) is 6.54 Å². The normalized spacial score (nSPS) is 12.1. The Morgan fingerprint density at radius 3 is 2.52 bits per heavy atom. The predicted molar refractivity (Wildman–Crippen MR) is 97.9 cm³/mol. The van der Waals surface area contributed by atoms with Crippen LogP contribution in [0.25, 0.3) is 0 Å². The molecule has 1 N–H and O–H groups in total. The van der Waals surface area contributed by atoms with Gasteiger partial charge in [-0.05, 0) is 37.5 Å². The van der Waals surface area contributed by atoms with Gasteiger partial charge in [0.15, 0.2) is 0 Å². The van der Waals surface area contributed by atoms with E-state index in [0.717, 1.165) is 25.3 Å². The van der Waals surface area contributed by atoms with E-state index in [1.54, 1.807) is 0 Å². The van der Waals surface area contributed by atoms with Crippen LogP contribution in [0.4, 0.5) is 0 Å². The summed E-state index contributed by atoms with van der Waals surface area (Å²) in [5.74, 6) is 1.01. The number of unbranched alkanes of at least 4 members (excludes halogenated alkanes) is 2. The maximum Gasteiger partial charge on any atom is 0.124 e. The Kier molecular flexibility index (Phi) is 7.15. The Bertz CT molecular complexity index is 594. The van der Waals surface area contributed by atoms with Crippen molar-refractivity contribution in [3.05, 3.63) is 65.2 Å². The van der Waals surface area contributed by atoms with Crippen molar-refractivity contribution in [3.8, 4) is 5.75 Å². The minimum atomic E-state index is 0.261. The minimum Gasteiger partial charge on any atom is -0.493 e. The fourth-order valence-electron chi connectivity index (χ4n) is 2.69. The van der Waals surface area contributed by atoms with Crippen LogP contribution in [0.2, 0.25) is 0 Å². The van der Waals surface area contributed by atoms with Crippen molar-refractivity contribution in [2.24, 2.45) is 0 Å². The summed E-state index contributed by atoms with van der Waals surface area (Å²) in [4.78, 5) is 0. The summed E-state index contributed by atoms with van der Waals surface area (Å²) in [5, 5.41) is 3.62. The van der Waals surface area contributed by atoms with Crippen LogP contribution < -0.4 is 10.1 Å². The molecular formula is C21H29NO. The largest absolute Gasteiger partial charge is 0.493 e. The van der Waals surface area contributed by atoms with E-state index in [2.05, 4.69) is 68.6 Å². The molecule has 0 bridgehead atoms. The van der Waals surface area contributed by atoms with E-state index in [1.165, 1.54) is 29.5 Å². The van der Waals surface area contributed by atoms with Crippen molar-refractivity contribution in [1.29, 1.82) is 0 Å². The number of nitrogens with one attached hydrogen (secondary N) is 1. The molecule has 0 aliphatic carbocycles. The molecule has 2 nitrogen and oxygen atoms in total. The van der Waals surface area contributed by atoms with E-state index in [-0.39, 0.29) is 6.04 Å². The molecule has 2 heteroatoms. The van der Waals surface area contributed by atoms with Crippen LogP contribution >= 0.6 is 0 Å². The van der Waals surface area contributed by atoms with Gasteiger partial charge >= 0.3 is 0 Å². The summed E-state index contributed by atoms with van der Waals surface area (Å²) in [6, 6.07) is 17.2. The fraction of sp³-hybridized carbons (Fsp3) is 0.429. The lowest BCUT2D eigenvalue weighted by Gasteiger charge is -2.19. The Balaban J connectivity index is 1.96. The zero-order valence-corrected chi connectivity index (χ0v) is 14.6. The van der Waals surface area contributed by atoms with Crippen molar-refractivity contribution in [2.45, 2.75) is 52.6 Å². The predicted octanol–water partition coefficient (Wildman–Crippen LogP) is 5.41. The van der Waals surface area contributed by atoms with Crippen LogP contribution in [0.1, 0.15) is 55.8 Å². The van der Waals surface area contributed by atoms with Gasteiger partial charge in [0, 0.05) is 18.2 Å². The SMILES string of the molecule is CCCCCOc1ccccc1C(C)NCc1ccccc1C. The Labute approximate surface area is 140 Å². The van der Waals surface area contributed by atoms with Gasteiger partial charge in [-0.1, -0.05) is 62.2 Å². The molecule has 0 radical (unpaired) electrons. The van der Waals surface area contributed by atoms with Gasteiger partial charge < -0.3 is 10.1 Å². The zero-order valence-electron chi connectivity index (χ0n) is 14.6. The third-order valence-corrected chi connectivity index (χ3v) is 4.25. The molecule has 23 heavy (non-hydrogen) atoms. The molecule has 0 aliphatic rings. The quantitative estimate of drug-likeness (QED) is 0.625. The standard InChI is InChI=1S/C21H29NO/c1-4-5-10-15-23-21-14-9-8-13-20(21)18(3)22-16-19-12-7-6-11-17(19)2/h6-9,11-14,18,22H,4-5,10,15-16H2,1-3H3. The maximum absolute atomic E-state index is 6.00. The second-order valence-corrected chi connectivity index (χ2v) is 6.12. The van der Waals surface area contributed by atoms with E-state index >= 15 is 0 Å². The number of hydrogen-bond acceptors (Lipinski definition) is 2. The average Bonchev–Trinajstić information content (AvgIpc) is 2.58. The maximum atomic E-state index is 6.00. The van der Waals surface area contributed by atoms with Gasteiger partial charge in [0.05, 0.1) is 6.61 Å². The van der Waals surface area contributed by atoms with Gasteiger partial charge in [0.25, 0.3) is 0 Å². The number of benzene rings is 2. The van der Waals surface area contributed by atoms with Crippen LogP contribution in [0.5, 0.6) is 5.75 Å². The number of para-hydroxylation sites is 1. The van der Waals surface area contributed by atoms with Gasteiger partial charge in [-0.3, -0.25) is 0 Å². The Hall–Kier alpha value is -1.80. The van der Waals surface area contributed by atoms with Crippen molar-refractivity contribution in [1.82, 2.24) is 5.32 Å². The van der Waals surface area contributed by atoms with Crippen molar-refractivity contribution in [2.75, 3.05) is 6.61 Å². The van der Waals surface area contributed by atoms with E-state index in [1.807, 2.05) is 6.07 Å². The van der Waals surface area contributed by atoms with E-state index in [0.29, 0.717) is 0 Å². The third-order valence-electron chi connectivity index (χ3n) is 4.25. The molecule has 0 amide bonds. The molecule has 1 unspecified atom stereocenters. The topological polar surface area (TPSA) is 21.3 Å². The molecule has 0 heterocycles. The molecule has 2 aromatic rings. The van der Waals surface area contributed by atoms with Gasteiger partial charge in [-0.2, -0.15) is 0 Å². The van der Waals surface area contributed by atoms with Crippen LogP contribution in [0.3, 0.4) is 0 Å². The number of hydrogen-bond donors (Lipinski definition) is 1. The first-order valence-electron chi connectivity index (χ1n) is 8.72. The molecule has 2 rings (SSSR count). The first-order valence-corrected chi connectivity index (χ1v) is 8.72. The highest BCUT2D eigenvalue weighted by Gasteiger charge is 2.11. The fourth-order valence-corrected chi connectivity index (χ4v) is 2.69. The highest BCUT2D eigenvalue weighted by Crippen LogP contribution is 2.25. The molecule has 0 saturated carbocycles. The second-order valence-electron chi connectivity index (χ2n) is 6.12. The van der Waals surface area contributed by atoms with E-state index in [9.17, 15) is 0 Å². The Morgan fingerprint density at radius 2 is 1.74 bits per heavy atom. The molecule has 0 saturated heterocycles. The molecule has 1 atom stereocenters. The number of rotatable bonds is 9. The number of aryl methyl sites for hydroxylation is 1. The van der Waals surface area contributed by atoms with E-state index < -0.39 is 0 Å². The summed E-state index contributed by atoms with van der Waals surface area (Å²) < 4.78 is 6.00. The summed E-state index contributed by atoms with van der Waals surface area (Å²) in [6.07, 6.45) is 3.57. The summed E-state index contributed by atoms with van der Waals surface area (Å²) in [5.41, 5.74) is 3.91. The highest BCUT2D eigenvalue weighted by molar-refractivity contribution is 5.36. The van der Waals surface area contributed by atoms with Crippen LogP contribution in [0, 0.1) is 6.92 Å². The average molecular weight is 311 g/mol. The third kappa shape index (κ3) is 5.40. The second kappa shape index (κ2) is 9.36. The lowest BCUT2D eigenvalue weighted by Crippen LogP contribution is -2.19. The molecule has 0 fully saturated rings. The van der Waals surface area contributed by atoms with Crippen molar-refractivity contribution < 1.29 is 4.74 Å². The summed E-state index contributed by atoms with van der Waals surface area (Å²) in [6.45, 7) is 8.25. The van der Waals surface area contributed by atoms with Crippen molar-refractivity contribution >= 4 is 0 Å². The van der Waals surface area contributed by atoms with Crippen LogP contribution in [-0.4, -0.2) is 6.61 Å². The zero-order chi connectivity index (χ0) is 16.5. The first-order chi connectivity index (χ1) is 11.2. The molecule has 124 valence electrons. The lowest BCUT2D eigenvalue weighted by atomic mass is 10.1. The number of ether oxygens (including phenoxy) is 1. The van der Waals surface area contributed by atoms with Gasteiger partial charge in [-0.25, -0.2) is 0 Å². The monoisotopic (exact) mass is 311 g/mol. The van der Waals surface area contributed by atoms with Gasteiger partial charge in [0.1, 0.15) is 5.75 Å². The van der Waals surface area contributed by atoms with Gasteiger partial charge in [-0.15, -0.1) is 0 Å². The molecule has 2 aromatic carbocycles. The highest BCUT2D eigenvalue weighted by atomic mass is 16.5. The molecule has 0 spiro atoms. The molecule has 0 aliphatic heterocycles. The Morgan fingerprint density at radius 1 is 1.00 bits per heavy atom. The van der Waals surface area contributed by atoms with Crippen LogP contribution in [0.15, 0.2) is 48.5 Å². The first kappa shape index (κ1) is 17.6. The summed E-state index contributed by atoms with van der Waals surface area (Å²) >= 11 is 0. The smallest absolute Gasteiger partial charge is 0.124 e. The minimum absolute atomic E-state index is 0.261.